The second kappa shape index (κ2) is 5.99. The van der Waals surface area contributed by atoms with Crippen molar-refractivity contribution in [2.75, 3.05) is 0 Å². The van der Waals surface area contributed by atoms with E-state index in [1.807, 2.05) is 20.8 Å². The molecule has 6 heteroatoms. The van der Waals surface area contributed by atoms with E-state index in [1.54, 1.807) is 18.2 Å². The summed E-state index contributed by atoms with van der Waals surface area (Å²) in [6.07, 6.45) is 0. The molecule has 0 saturated heterocycles. The van der Waals surface area contributed by atoms with E-state index in [0.717, 1.165) is 0 Å². The number of carbonyl (C=O) groups excluding carboxylic acids is 1. The van der Waals surface area contributed by atoms with Gasteiger partial charge in [-0.3, -0.25) is 0 Å². The van der Waals surface area contributed by atoms with E-state index < -0.39 is 23.0 Å². The van der Waals surface area contributed by atoms with E-state index in [-0.39, 0.29) is 34.9 Å². The molecular formula is C14H13NaO5. The number of ether oxygens (including phenoxy) is 1. The average molecular weight is 284 g/mol. The molecule has 0 radical (unpaired) electrons. The van der Waals surface area contributed by atoms with Crippen molar-refractivity contribution in [3.05, 3.63) is 40.4 Å². The molecule has 100 valence electrons. The van der Waals surface area contributed by atoms with Gasteiger partial charge in [0.05, 0.1) is 0 Å². The van der Waals surface area contributed by atoms with Gasteiger partial charge < -0.3 is 19.1 Å². The van der Waals surface area contributed by atoms with Crippen molar-refractivity contribution in [1.29, 1.82) is 0 Å². The van der Waals surface area contributed by atoms with Crippen LogP contribution in [-0.4, -0.2) is 11.6 Å². The molecule has 0 amide bonds. The second-order valence-electron chi connectivity index (χ2n) is 5.12. The normalized spacial score (nSPS) is 10.9. The summed E-state index contributed by atoms with van der Waals surface area (Å²) in [7, 11) is 0. The molecule has 0 spiro atoms. The molecule has 20 heavy (non-hydrogen) atoms. The Hall–Kier alpha value is -1.30. The maximum atomic E-state index is 11.9. The minimum absolute atomic E-state index is 0. The molecule has 0 aliphatic carbocycles. The van der Waals surface area contributed by atoms with Crippen molar-refractivity contribution in [2.45, 2.75) is 26.4 Å². The van der Waals surface area contributed by atoms with E-state index >= 15 is 0 Å². The Morgan fingerprint density at radius 1 is 1.30 bits per heavy atom. The van der Waals surface area contributed by atoms with Gasteiger partial charge in [0.2, 0.25) is 0 Å². The topological polar surface area (TPSA) is 79.6 Å². The van der Waals surface area contributed by atoms with Crippen LogP contribution < -0.4 is 45.0 Å². The van der Waals surface area contributed by atoms with E-state index in [1.165, 1.54) is 6.07 Å². The van der Waals surface area contributed by atoms with Crippen molar-refractivity contribution in [2.24, 2.45) is 0 Å². The quantitative estimate of drug-likeness (QED) is 0.617. The monoisotopic (exact) mass is 284 g/mol. The third kappa shape index (κ3) is 3.62. The summed E-state index contributed by atoms with van der Waals surface area (Å²) < 4.78 is 10.4. The number of hydrogen-bond acceptors (Lipinski definition) is 5. The summed E-state index contributed by atoms with van der Waals surface area (Å²) in [4.78, 5) is 22.6. The van der Waals surface area contributed by atoms with Crippen molar-refractivity contribution in [1.82, 2.24) is 0 Å². The Balaban J connectivity index is 0.00000200. The van der Waals surface area contributed by atoms with Crippen LogP contribution in [0.1, 0.15) is 31.3 Å². The van der Waals surface area contributed by atoms with Crippen LogP contribution in [0.5, 0.6) is 5.75 Å². The van der Waals surface area contributed by atoms with Crippen LogP contribution >= 0.6 is 0 Å². The van der Waals surface area contributed by atoms with Crippen LogP contribution in [0.3, 0.4) is 0 Å². The Morgan fingerprint density at radius 3 is 2.50 bits per heavy atom. The Labute approximate surface area is 137 Å². The largest absolute Gasteiger partial charge is 1.00 e. The van der Waals surface area contributed by atoms with Crippen molar-refractivity contribution in [3.8, 4) is 5.75 Å². The molecule has 0 fully saturated rings. The molecule has 0 unspecified atom stereocenters. The summed E-state index contributed by atoms with van der Waals surface area (Å²) >= 11 is 0. The Kier molecular flexibility index (Phi) is 5.02. The fourth-order valence-electron chi connectivity index (χ4n) is 1.72. The summed E-state index contributed by atoms with van der Waals surface area (Å²) in [5.41, 5.74) is -1.23. The van der Waals surface area contributed by atoms with Gasteiger partial charge in [-0.2, -0.15) is 0 Å². The second-order valence-corrected chi connectivity index (χ2v) is 5.12. The molecule has 0 bridgehead atoms. The zero-order valence-electron chi connectivity index (χ0n) is 11.9. The number of aromatic carboxylic acids is 1. The van der Waals surface area contributed by atoms with Gasteiger partial charge >= 0.3 is 35.2 Å². The summed E-state index contributed by atoms with van der Waals surface area (Å²) in [5.74, 6) is -1.66. The van der Waals surface area contributed by atoms with Gasteiger partial charge in [0.1, 0.15) is 22.7 Å². The molecule has 0 saturated carbocycles. The first-order chi connectivity index (χ1) is 8.78. The predicted molar refractivity (Wildman–Crippen MR) is 67.2 cm³/mol. The standard InChI is InChI=1S/C14H14O5.Na/c1-14(2,3)19-9-6-4-5-8-7-10(12(15)16)18-13(17)11(8)9;/h4-7H,1-3H3,(H,15,16);/q;+1/p-1. The van der Waals surface area contributed by atoms with Crippen LogP contribution in [0.2, 0.25) is 0 Å². The summed E-state index contributed by atoms with van der Waals surface area (Å²) in [6.45, 7) is 5.55. The maximum Gasteiger partial charge on any atom is 1.00 e. The Morgan fingerprint density at radius 2 is 1.95 bits per heavy atom. The number of carboxylic acid groups (broad SMARTS) is 1. The molecule has 0 N–H and O–H groups in total. The SMILES string of the molecule is CC(C)(C)Oc1cccc2cc(C(=O)[O-])oc(=O)c12.[Na+]. The molecule has 0 aliphatic heterocycles. The van der Waals surface area contributed by atoms with Gasteiger partial charge in [-0.05, 0) is 38.3 Å². The molecular weight excluding hydrogens is 271 g/mol. The molecule has 5 nitrogen and oxygen atoms in total. The molecule has 2 rings (SSSR count). The van der Waals surface area contributed by atoms with Gasteiger partial charge in [-0.15, -0.1) is 0 Å². The van der Waals surface area contributed by atoms with Crippen LogP contribution in [0.4, 0.5) is 0 Å². The fourth-order valence-corrected chi connectivity index (χ4v) is 1.72. The zero-order chi connectivity index (χ0) is 14.2. The smallest absolute Gasteiger partial charge is 0.542 e. The van der Waals surface area contributed by atoms with E-state index in [0.29, 0.717) is 11.1 Å². The summed E-state index contributed by atoms with van der Waals surface area (Å²) in [5, 5.41) is 11.4. The van der Waals surface area contributed by atoms with Crippen LogP contribution in [-0.2, 0) is 0 Å². The van der Waals surface area contributed by atoms with Crippen LogP contribution in [0.25, 0.3) is 10.8 Å². The number of carbonyl (C=O) groups is 1. The third-order valence-electron chi connectivity index (χ3n) is 2.37. The first-order valence-corrected chi connectivity index (χ1v) is 5.75. The van der Waals surface area contributed by atoms with Gasteiger partial charge in [-0.25, -0.2) is 4.79 Å². The maximum absolute atomic E-state index is 11.9. The average Bonchev–Trinajstić information content (AvgIpc) is 2.26. The number of benzene rings is 1. The van der Waals surface area contributed by atoms with E-state index in [9.17, 15) is 14.7 Å². The van der Waals surface area contributed by atoms with Crippen molar-refractivity contribution < 1.29 is 48.6 Å². The Bertz CT molecular complexity index is 697. The molecule has 1 aromatic heterocycles. The molecule has 2 aromatic rings. The minimum Gasteiger partial charge on any atom is -0.542 e. The first kappa shape index (κ1) is 16.8. The number of rotatable bonds is 2. The predicted octanol–water partition coefficient (Wildman–Crippen LogP) is -1.66. The van der Waals surface area contributed by atoms with Crippen LogP contribution in [0.15, 0.2) is 33.5 Å². The first-order valence-electron chi connectivity index (χ1n) is 5.75. The van der Waals surface area contributed by atoms with Crippen molar-refractivity contribution in [3.63, 3.8) is 0 Å². The van der Waals surface area contributed by atoms with Gasteiger partial charge in [-0.1, -0.05) is 12.1 Å². The number of carboxylic acids is 1. The number of hydrogen-bond donors (Lipinski definition) is 0. The van der Waals surface area contributed by atoms with E-state index in [2.05, 4.69) is 0 Å². The molecule has 0 aliphatic rings. The zero-order valence-corrected chi connectivity index (χ0v) is 13.9. The fraction of sp³-hybridized carbons (Fsp3) is 0.286. The molecule has 1 aromatic carbocycles. The van der Waals surface area contributed by atoms with Gasteiger partial charge in [0.25, 0.3) is 0 Å². The molecule has 0 atom stereocenters. The van der Waals surface area contributed by atoms with Gasteiger partial charge in [0, 0.05) is 0 Å². The third-order valence-corrected chi connectivity index (χ3v) is 2.37. The molecule has 1 heterocycles. The van der Waals surface area contributed by atoms with E-state index in [4.69, 9.17) is 9.15 Å². The number of fused-ring (bicyclic) bond motifs is 1. The summed E-state index contributed by atoms with van der Waals surface area (Å²) in [6, 6.07) is 6.20. The van der Waals surface area contributed by atoms with Crippen molar-refractivity contribution >= 4 is 16.7 Å². The van der Waals surface area contributed by atoms with Crippen LogP contribution in [0, 0.1) is 0 Å². The van der Waals surface area contributed by atoms with Gasteiger partial charge in [0.15, 0.2) is 5.76 Å². The minimum atomic E-state index is -1.53.